The van der Waals surface area contributed by atoms with Crippen molar-refractivity contribution >= 4 is 11.8 Å². The van der Waals surface area contributed by atoms with E-state index in [0.29, 0.717) is 5.82 Å². The van der Waals surface area contributed by atoms with Gasteiger partial charge < -0.3 is 5.32 Å². The van der Waals surface area contributed by atoms with Gasteiger partial charge in [0.1, 0.15) is 5.82 Å². The van der Waals surface area contributed by atoms with Gasteiger partial charge in [-0.1, -0.05) is 0 Å². The van der Waals surface area contributed by atoms with Crippen molar-refractivity contribution in [2.45, 2.75) is 33.2 Å². The number of nitrogens with zero attached hydrogens (tertiary/aromatic N) is 2. The van der Waals surface area contributed by atoms with Gasteiger partial charge in [0.2, 0.25) is 0 Å². The molecule has 0 aliphatic rings. The van der Waals surface area contributed by atoms with E-state index in [1.165, 1.54) is 0 Å². The highest BCUT2D eigenvalue weighted by Crippen LogP contribution is 2.08. The monoisotopic (exact) mass is 210 g/mol. The molecule has 2 N–H and O–H groups in total. The van der Waals surface area contributed by atoms with E-state index in [1.54, 1.807) is 11.7 Å². The molecule has 1 rings (SSSR count). The number of hydrogen-bond acceptors (Lipinski definition) is 2. The Labute approximate surface area is 89.9 Å². The van der Waals surface area contributed by atoms with E-state index < -0.39 is 0 Å². The second-order valence-electron chi connectivity index (χ2n) is 4.62. The van der Waals surface area contributed by atoms with Gasteiger partial charge in [0.25, 0.3) is 0 Å². The number of amides is 2. The van der Waals surface area contributed by atoms with Crippen LogP contribution in [-0.2, 0) is 7.05 Å². The first kappa shape index (κ1) is 11.6. The fourth-order valence-corrected chi connectivity index (χ4v) is 1.22. The van der Waals surface area contributed by atoms with Crippen molar-refractivity contribution in [2.24, 2.45) is 7.05 Å². The lowest BCUT2D eigenvalue weighted by atomic mass is 10.1. The van der Waals surface area contributed by atoms with Gasteiger partial charge in [-0.3, -0.25) is 10.00 Å². The standard InChI is InChI=1S/C10H18N4O/c1-7-6-8(14(5)13-7)11-9(15)12-10(2,3)4/h6H,1-5H3,(H2,11,12,15). The summed E-state index contributed by atoms with van der Waals surface area (Å²) in [5.74, 6) is 0.689. The molecule has 1 aromatic heterocycles. The van der Waals surface area contributed by atoms with Crippen molar-refractivity contribution in [3.63, 3.8) is 0 Å². The maximum Gasteiger partial charge on any atom is 0.320 e. The molecule has 0 atom stereocenters. The van der Waals surface area contributed by atoms with Crippen molar-refractivity contribution in [1.29, 1.82) is 0 Å². The number of anilines is 1. The molecule has 0 radical (unpaired) electrons. The molecule has 0 aliphatic carbocycles. The minimum Gasteiger partial charge on any atom is -0.333 e. The zero-order valence-corrected chi connectivity index (χ0v) is 9.88. The molecule has 0 bridgehead atoms. The summed E-state index contributed by atoms with van der Waals surface area (Å²) in [6.07, 6.45) is 0. The van der Waals surface area contributed by atoms with Gasteiger partial charge in [-0.15, -0.1) is 0 Å². The number of carbonyl (C=O) groups is 1. The Balaban J connectivity index is 2.63. The zero-order valence-electron chi connectivity index (χ0n) is 9.88. The number of nitrogens with one attached hydrogen (secondary N) is 2. The van der Waals surface area contributed by atoms with E-state index in [2.05, 4.69) is 15.7 Å². The Hall–Kier alpha value is -1.52. The van der Waals surface area contributed by atoms with E-state index in [4.69, 9.17) is 0 Å². The molecule has 5 heteroatoms. The van der Waals surface area contributed by atoms with E-state index in [9.17, 15) is 4.79 Å². The molecule has 0 saturated carbocycles. The Morgan fingerprint density at radius 1 is 1.47 bits per heavy atom. The third kappa shape index (κ3) is 3.61. The lowest BCUT2D eigenvalue weighted by molar-refractivity contribution is 0.243. The van der Waals surface area contributed by atoms with Gasteiger partial charge >= 0.3 is 6.03 Å². The fourth-order valence-electron chi connectivity index (χ4n) is 1.22. The number of rotatable bonds is 1. The third-order valence-electron chi connectivity index (χ3n) is 1.73. The summed E-state index contributed by atoms with van der Waals surface area (Å²) < 4.78 is 1.64. The van der Waals surface area contributed by atoms with Crippen LogP contribution in [0.25, 0.3) is 0 Å². The summed E-state index contributed by atoms with van der Waals surface area (Å²) in [7, 11) is 1.79. The van der Waals surface area contributed by atoms with Crippen LogP contribution in [0.2, 0.25) is 0 Å². The molecular weight excluding hydrogens is 192 g/mol. The lowest BCUT2D eigenvalue weighted by Gasteiger charge is -2.20. The smallest absolute Gasteiger partial charge is 0.320 e. The van der Waals surface area contributed by atoms with Gasteiger partial charge in [0, 0.05) is 18.7 Å². The molecular formula is C10H18N4O. The van der Waals surface area contributed by atoms with Crippen LogP contribution < -0.4 is 10.6 Å². The molecule has 1 heterocycles. The summed E-state index contributed by atoms with van der Waals surface area (Å²) in [6, 6.07) is 1.60. The van der Waals surface area contributed by atoms with Crippen LogP contribution >= 0.6 is 0 Å². The number of hydrogen-bond donors (Lipinski definition) is 2. The third-order valence-corrected chi connectivity index (χ3v) is 1.73. The van der Waals surface area contributed by atoms with Gasteiger partial charge in [-0.25, -0.2) is 4.79 Å². The molecule has 0 spiro atoms. The summed E-state index contributed by atoms with van der Waals surface area (Å²) in [6.45, 7) is 7.68. The van der Waals surface area contributed by atoms with Crippen LogP contribution in [-0.4, -0.2) is 21.4 Å². The van der Waals surface area contributed by atoms with Gasteiger partial charge in [-0.2, -0.15) is 5.10 Å². The topological polar surface area (TPSA) is 59.0 Å². The lowest BCUT2D eigenvalue weighted by Crippen LogP contribution is -2.43. The predicted octanol–water partition coefficient (Wildman–Crippen LogP) is 1.65. The number of aromatic nitrogens is 2. The molecule has 2 amide bonds. The van der Waals surface area contributed by atoms with E-state index in [1.807, 2.05) is 33.8 Å². The normalized spacial score (nSPS) is 11.3. The largest absolute Gasteiger partial charge is 0.333 e. The molecule has 0 aliphatic heterocycles. The Bertz CT molecular complexity index is 362. The highest BCUT2D eigenvalue weighted by molar-refractivity contribution is 5.88. The molecule has 15 heavy (non-hydrogen) atoms. The predicted molar refractivity (Wildman–Crippen MR) is 59.9 cm³/mol. The molecule has 0 saturated heterocycles. The van der Waals surface area contributed by atoms with Crippen molar-refractivity contribution in [3.8, 4) is 0 Å². The van der Waals surface area contributed by atoms with E-state index in [0.717, 1.165) is 5.69 Å². The second-order valence-corrected chi connectivity index (χ2v) is 4.62. The first-order valence-electron chi connectivity index (χ1n) is 4.88. The van der Waals surface area contributed by atoms with E-state index in [-0.39, 0.29) is 11.6 Å². The molecule has 84 valence electrons. The number of aryl methyl sites for hydroxylation is 2. The SMILES string of the molecule is Cc1cc(NC(=O)NC(C)(C)C)n(C)n1. The average Bonchev–Trinajstić information content (AvgIpc) is 2.25. The van der Waals surface area contributed by atoms with Crippen LogP contribution in [0.5, 0.6) is 0 Å². The van der Waals surface area contributed by atoms with Gasteiger partial charge in [0.15, 0.2) is 0 Å². The number of carbonyl (C=O) groups excluding carboxylic acids is 1. The molecule has 0 fully saturated rings. The van der Waals surface area contributed by atoms with Crippen molar-refractivity contribution in [1.82, 2.24) is 15.1 Å². The van der Waals surface area contributed by atoms with Gasteiger partial charge in [0.05, 0.1) is 5.69 Å². The molecule has 5 nitrogen and oxygen atoms in total. The average molecular weight is 210 g/mol. The zero-order chi connectivity index (χ0) is 11.6. The summed E-state index contributed by atoms with van der Waals surface area (Å²) in [5.41, 5.74) is 0.640. The van der Waals surface area contributed by atoms with E-state index >= 15 is 0 Å². The van der Waals surface area contributed by atoms with Crippen LogP contribution in [0, 0.1) is 6.92 Å². The van der Waals surface area contributed by atoms with Crippen LogP contribution in [0.3, 0.4) is 0 Å². The van der Waals surface area contributed by atoms with Crippen molar-refractivity contribution in [3.05, 3.63) is 11.8 Å². The summed E-state index contributed by atoms with van der Waals surface area (Å²) in [5, 5.41) is 9.69. The Morgan fingerprint density at radius 2 is 2.07 bits per heavy atom. The minimum absolute atomic E-state index is 0.217. The fraction of sp³-hybridized carbons (Fsp3) is 0.600. The highest BCUT2D eigenvalue weighted by atomic mass is 16.2. The summed E-state index contributed by atoms with van der Waals surface area (Å²) >= 11 is 0. The summed E-state index contributed by atoms with van der Waals surface area (Å²) in [4.78, 5) is 11.5. The number of urea groups is 1. The van der Waals surface area contributed by atoms with Crippen LogP contribution in [0.4, 0.5) is 10.6 Å². The molecule has 0 aromatic carbocycles. The Kier molecular flexibility index (Phi) is 3.02. The maximum atomic E-state index is 11.5. The van der Waals surface area contributed by atoms with Crippen molar-refractivity contribution in [2.75, 3.05) is 5.32 Å². The minimum atomic E-state index is -0.238. The maximum absolute atomic E-state index is 11.5. The van der Waals surface area contributed by atoms with Crippen LogP contribution in [0.1, 0.15) is 26.5 Å². The first-order valence-corrected chi connectivity index (χ1v) is 4.88. The van der Waals surface area contributed by atoms with Gasteiger partial charge in [-0.05, 0) is 27.7 Å². The highest BCUT2D eigenvalue weighted by Gasteiger charge is 2.14. The van der Waals surface area contributed by atoms with Crippen molar-refractivity contribution < 1.29 is 4.79 Å². The van der Waals surface area contributed by atoms with Crippen LogP contribution in [0.15, 0.2) is 6.07 Å². The quantitative estimate of drug-likeness (QED) is 0.740. The Morgan fingerprint density at radius 3 is 2.47 bits per heavy atom. The first-order chi connectivity index (χ1) is 6.78. The second kappa shape index (κ2) is 3.92. The molecule has 1 aromatic rings. The molecule has 0 unspecified atom stereocenters.